The van der Waals surface area contributed by atoms with E-state index in [9.17, 15) is 14.4 Å². The minimum absolute atomic E-state index is 0.00731. The quantitative estimate of drug-likeness (QED) is 0.287. The van der Waals surface area contributed by atoms with Gasteiger partial charge >= 0.3 is 17.9 Å². The molecule has 7 nitrogen and oxygen atoms in total. The monoisotopic (exact) mass is 362 g/mol. The molecule has 1 aliphatic rings. The lowest BCUT2D eigenvalue weighted by molar-refractivity contribution is -0.167. The molecule has 1 aliphatic carbocycles. The van der Waals surface area contributed by atoms with E-state index < -0.39 is 29.2 Å². The maximum atomic E-state index is 12.6. The van der Waals surface area contributed by atoms with Gasteiger partial charge in [0.15, 0.2) is 5.41 Å². The molecule has 26 heavy (non-hydrogen) atoms. The summed E-state index contributed by atoms with van der Waals surface area (Å²) in [4.78, 5) is 35.9. The Hall–Kier alpha value is -2.83. The fraction of sp³-hybridized carbons (Fsp3) is 0.421. The van der Waals surface area contributed by atoms with Crippen molar-refractivity contribution in [1.29, 1.82) is 0 Å². The molecule has 0 amide bonds. The van der Waals surface area contributed by atoms with Gasteiger partial charge in [0, 0.05) is 12.8 Å². The van der Waals surface area contributed by atoms with Gasteiger partial charge in [-0.15, -0.1) is 0 Å². The Balaban J connectivity index is 2.02. The van der Waals surface area contributed by atoms with Crippen LogP contribution in [0.25, 0.3) is 0 Å². The van der Waals surface area contributed by atoms with Gasteiger partial charge < -0.3 is 18.9 Å². The molecular weight excluding hydrogens is 340 g/mol. The Bertz CT molecular complexity index is 680. The molecule has 2 unspecified atom stereocenters. The highest BCUT2D eigenvalue weighted by Crippen LogP contribution is 2.54. The van der Waals surface area contributed by atoms with Gasteiger partial charge in [-0.3, -0.25) is 14.4 Å². The molecule has 0 saturated heterocycles. The number of benzene rings is 1. The Morgan fingerprint density at radius 3 is 2.38 bits per heavy atom. The fourth-order valence-electron chi connectivity index (χ4n) is 2.60. The van der Waals surface area contributed by atoms with Gasteiger partial charge in [-0.05, 0) is 24.1 Å². The van der Waals surface area contributed by atoms with Crippen LogP contribution in [0.15, 0.2) is 36.9 Å². The van der Waals surface area contributed by atoms with Crippen LogP contribution in [0.2, 0.25) is 0 Å². The maximum Gasteiger partial charge on any atom is 0.324 e. The zero-order chi connectivity index (χ0) is 19.2. The minimum Gasteiger partial charge on any atom is -0.497 e. The summed E-state index contributed by atoms with van der Waals surface area (Å²) in [6.07, 6.45) is 1.63. The van der Waals surface area contributed by atoms with E-state index in [4.69, 9.17) is 18.9 Å². The Morgan fingerprint density at radius 1 is 1.15 bits per heavy atom. The van der Waals surface area contributed by atoms with E-state index in [1.54, 1.807) is 31.4 Å². The van der Waals surface area contributed by atoms with Gasteiger partial charge in [-0.2, -0.15) is 0 Å². The number of ether oxygens (including phenoxy) is 4. The molecule has 1 aromatic carbocycles. The summed E-state index contributed by atoms with van der Waals surface area (Å²) < 4.78 is 20.4. The summed E-state index contributed by atoms with van der Waals surface area (Å²) in [5.41, 5.74) is -0.670. The van der Waals surface area contributed by atoms with Gasteiger partial charge in [-0.1, -0.05) is 24.8 Å². The Kier molecular flexibility index (Phi) is 6.38. The number of hydrogen-bond donors (Lipinski definition) is 0. The van der Waals surface area contributed by atoms with Crippen LogP contribution in [0.1, 0.15) is 18.9 Å². The summed E-state index contributed by atoms with van der Waals surface area (Å²) in [7, 11) is 1.56. The van der Waals surface area contributed by atoms with E-state index in [0.29, 0.717) is 5.75 Å². The fourth-order valence-corrected chi connectivity index (χ4v) is 2.60. The normalized spacial score (nSPS) is 20.6. The average Bonchev–Trinajstić information content (AvgIpc) is 3.38. The first-order valence-electron chi connectivity index (χ1n) is 8.15. The first-order chi connectivity index (χ1) is 12.4. The van der Waals surface area contributed by atoms with Crippen LogP contribution in [0.5, 0.6) is 5.75 Å². The molecule has 0 N–H and O–H groups in total. The number of carbonyl (C=O) groups excluding carboxylic acids is 3. The zero-order valence-corrected chi connectivity index (χ0v) is 14.9. The van der Waals surface area contributed by atoms with E-state index in [1.807, 2.05) is 0 Å². The molecule has 2 atom stereocenters. The van der Waals surface area contributed by atoms with E-state index >= 15 is 0 Å². The zero-order valence-electron chi connectivity index (χ0n) is 14.9. The topological polar surface area (TPSA) is 88.1 Å². The van der Waals surface area contributed by atoms with Crippen molar-refractivity contribution in [1.82, 2.24) is 0 Å². The van der Waals surface area contributed by atoms with Crippen molar-refractivity contribution in [2.45, 2.75) is 20.0 Å². The smallest absolute Gasteiger partial charge is 0.324 e. The Labute approximate surface area is 151 Å². The van der Waals surface area contributed by atoms with Crippen LogP contribution in [0.3, 0.4) is 0 Å². The third kappa shape index (κ3) is 4.41. The molecule has 0 aliphatic heterocycles. The van der Waals surface area contributed by atoms with E-state index in [0.717, 1.165) is 5.56 Å². The van der Waals surface area contributed by atoms with Gasteiger partial charge in [0.25, 0.3) is 0 Å². The van der Waals surface area contributed by atoms with E-state index in [2.05, 4.69) is 6.58 Å². The predicted molar refractivity (Wildman–Crippen MR) is 91.1 cm³/mol. The van der Waals surface area contributed by atoms with Crippen LogP contribution in [-0.4, -0.2) is 38.2 Å². The van der Waals surface area contributed by atoms with Crippen molar-refractivity contribution in [2.75, 3.05) is 20.3 Å². The van der Waals surface area contributed by atoms with Crippen LogP contribution in [-0.2, 0) is 35.2 Å². The molecule has 7 heteroatoms. The lowest BCUT2D eigenvalue weighted by atomic mass is 10.0. The van der Waals surface area contributed by atoms with Crippen molar-refractivity contribution < 1.29 is 33.3 Å². The summed E-state index contributed by atoms with van der Waals surface area (Å²) in [5.74, 6) is -1.61. The average molecular weight is 362 g/mol. The summed E-state index contributed by atoms with van der Waals surface area (Å²) in [6, 6.07) is 7.02. The van der Waals surface area contributed by atoms with Crippen molar-refractivity contribution in [2.24, 2.45) is 11.3 Å². The lowest BCUT2D eigenvalue weighted by Gasteiger charge is -2.15. The molecule has 0 bridgehead atoms. The predicted octanol–water partition coefficient (Wildman–Crippen LogP) is 2.04. The lowest BCUT2D eigenvalue weighted by Crippen LogP contribution is -2.33. The number of hydrogen-bond acceptors (Lipinski definition) is 7. The maximum absolute atomic E-state index is 12.6. The van der Waals surface area contributed by atoms with E-state index in [-0.39, 0.29) is 26.2 Å². The SMILES string of the molecule is C=CCOC(=O)C1(C(=O)OCc2ccc(OC)cc2)CC1COC(C)=O. The third-order valence-corrected chi connectivity index (χ3v) is 4.18. The van der Waals surface area contributed by atoms with Crippen LogP contribution >= 0.6 is 0 Å². The summed E-state index contributed by atoms with van der Waals surface area (Å²) >= 11 is 0. The molecule has 0 radical (unpaired) electrons. The van der Waals surface area contributed by atoms with Crippen molar-refractivity contribution in [3.8, 4) is 5.75 Å². The van der Waals surface area contributed by atoms with Crippen LogP contribution in [0, 0.1) is 11.3 Å². The van der Waals surface area contributed by atoms with Gasteiger partial charge in [-0.25, -0.2) is 0 Å². The first-order valence-corrected chi connectivity index (χ1v) is 8.15. The molecule has 2 rings (SSSR count). The van der Waals surface area contributed by atoms with Gasteiger partial charge in [0.2, 0.25) is 0 Å². The molecule has 1 aromatic rings. The summed E-state index contributed by atoms with van der Waals surface area (Å²) in [5, 5.41) is 0. The standard InChI is InChI=1S/C19H22O7/c1-4-9-24-17(21)19(10-15(19)12-25-13(2)20)18(22)26-11-14-5-7-16(23-3)8-6-14/h4-8,15H,1,9-12H2,2-3H3. The molecule has 0 heterocycles. The van der Waals surface area contributed by atoms with Crippen molar-refractivity contribution in [3.63, 3.8) is 0 Å². The number of carbonyl (C=O) groups is 3. The first kappa shape index (κ1) is 19.5. The highest BCUT2D eigenvalue weighted by molar-refractivity contribution is 6.04. The molecule has 140 valence electrons. The second-order valence-corrected chi connectivity index (χ2v) is 5.99. The van der Waals surface area contributed by atoms with Gasteiger partial charge in [0.1, 0.15) is 19.0 Å². The number of rotatable bonds is 9. The van der Waals surface area contributed by atoms with Gasteiger partial charge in [0.05, 0.1) is 13.7 Å². The van der Waals surface area contributed by atoms with Crippen LogP contribution in [0.4, 0.5) is 0 Å². The molecule has 0 aromatic heterocycles. The summed E-state index contributed by atoms with van der Waals surface area (Å²) in [6.45, 7) is 4.72. The molecule has 1 fully saturated rings. The second-order valence-electron chi connectivity index (χ2n) is 5.99. The minimum atomic E-state index is -1.43. The molecule has 0 spiro atoms. The highest BCUT2D eigenvalue weighted by atomic mass is 16.6. The Morgan fingerprint density at radius 2 is 1.81 bits per heavy atom. The second kappa shape index (κ2) is 8.51. The van der Waals surface area contributed by atoms with Crippen LogP contribution < -0.4 is 4.74 Å². The largest absolute Gasteiger partial charge is 0.497 e. The van der Waals surface area contributed by atoms with E-state index in [1.165, 1.54) is 13.0 Å². The van der Waals surface area contributed by atoms with Crippen molar-refractivity contribution >= 4 is 17.9 Å². The number of esters is 3. The van der Waals surface area contributed by atoms with Crippen molar-refractivity contribution in [3.05, 3.63) is 42.5 Å². The molecule has 1 saturated carbocycles. The third-order valence-electron chi connectivity index (χ3n) is 4.18. The molecular formula is C19H22O7. The highest BCUT2D eigenvalue weighted by Gasteiger charge is 2.68. The number of methoxy groups -OCH3 is 1.